The van der Waals surface area contributed by atoms with Gasteiger partial charge >= 0.3 is 0 Å². The number of methoxy groups -OCH3 is 1. The Morgan fingerprint density at radius 2 is 1.71 bits per heavy atom. The number of rotatable bonds is 6. The zero-order valence-electron chi connectivity index (χ0n) is 20.4. The second-order valence-electron chi connectivity index (χ2n) is 8.74. The Balaban J connectivity index is 1.73. The van der Waals surface area contributed by atoms with Crippen LogP contribution in [0, 0.1) is 6.92 Å². The van der Waals surface area contributed by atoms with Crippen molar-refractivity contribution in [3.63, 3.8) is 0 Å². The number of hydrogen-bond acceptors (Lipinski definition) is 7. The molecule has 1 aromatic heterocycles. The van der Waals surface area contributed by atoms with Crippen LogP contribution in [-0.2, 0) is 14.9 Å². The minimum absolute atomic E-state index is 0.244. The highest BCUT2D eigenvalue weighted by atomic mass is 32.2. The van der Waals surface area contributed by atoms with E-state index in [4.69, 9.17) is 4.74 Å². The lowest BCUT2D eigenvalue weighted by Crippen LogP contribution is -2.50. The van der Waals surface area contributed by atoms with E-state index in [9.17, 15) is 22.6 Å². The van der Waals surface area contributed by atoms with Crippen LogP contribution in [0.3, 0.4) is 0 Å². The summed E-state index contributed by atoms with van der Waals surface area (Å²) in [6.45, 7) is 1.75. The van der Waals surface area contributed by atoms with Gasteiger partial charge in [-0.2, -0.15) is 5.10 Å². The molecule has 0 saturated heterocycles. The number of amides is 2. The van der Waals surface area contributed by atoms with Crippen LogP contribution in [0.5, 0.6) is 5.75 Å². The molecule has 3 aromatic carbocycles. The van der Waals surface area contributed by atoms with Crippen LogP contribution in [0.25, 0.3) is 5.69 Å². The van der Waals surface area contributed by atoms with Crippen molar-refractivity contribution < 1.29 is 27.3 Å². The quantitative estimate of drug-likeness (QED) is 0.364. The van der Waals surface area contributed by atoms with Gasteiger partial charge in [-0.3, -0.25) is 9.59 Å². The van der Waals surface area contributed by atoms with Gasteiger partial charge in [0.2, 0.25) is 5.91 Å². The van der Waals surface area contributed by atoms with Crippen molar-refractivity contribution in [2.24, 2.45) is 0 Å². The first-order valence-corrected chi connectivity index (χ1v) is 13.1. The van der Waals surface area contributed by atoms with Gasteiger partial charge in [-0.05, 0) is 49.4 Å². The fourth-order valence-electron chi connectivity index (χ4n) is 4.71. The molecule has 0 radical (unpaired) electrons. The van der Waals surface area contributed by atoms with Crippen LogP contribution < -0.4 is 15.4 Å². The zero-order valence-corrected chi connectivity index (χ0v) is 21.2. The van der Waals surface area contributed by atoms with E-state index in [1.807, 2.05) is 30.3 Å². The Morgan fingerprint density at radius 3 is 2.34 bits per heavy atom. The van der Waals surface area contributed by atoms with E-state index in [0.29, 0.717) is 28.3 Å². The van der Waals surface area contributed by atoms with Crippen molar-refractivity contribution in [2.75, 3.05) is 12.4 Å². The largest absolute Gasteiger partial charge is 0.744 e. The number of nitrogens with one attached hydrogen (secondary N) is 2. The Hall–Kier alpha value is -4.48. The molecule has 5 rings (SSSR count). The summed E-state index contributed by atoms with van der Waals surface area (Å²) in [6, 6.07) is 20.1. The van der Waals surface area contributed by atoms with Crippen LogP contribution in [0.4, 0.5) is 5.82 Å². The standard InChI is InChI=1S/C27H24N4O6S/c1-16-22-23(20-15-19(38(34,35)36)13-14-21(20)37-2)24(28-26(32)17-9-5-3-6-10-17)27(33)29-25(22)31(30-16)18-11-7-4-8-12-18/h3-15,23-24H,1-2H3,(H,28,32)(H,29,33)(H,34,35,36)/p-1/t23-,24+/m0/s1. The summed E-state index contributed by atoms with van der Waals surface area (Å²) >= 11 is 0. The van der Waals surface area contributed by atoms with E-state index in [1.165, 1.54) is 19.2 Å². The van der Waals surface area contributed by atoms with E-state index in [1.54, 1.807) is 41.9 Å². The third kappa shape index (κ3) is 4.53. The van der Waals surface area contributed by atoms with Crippen molar-refractivity contribution in [1.82, 2.24) is 15.1 Å². The maximum atomic E-state index is 13.6. The predicted molar refractivity (Wildman–Crippen MR) is 137 cm³/mol. The van der Waals surface area contributed by atoms with Gasteiger partial charge < -0.3 is 19.9 Å². The number of benzene rings is 3. The van der Waals surface area contributed by atoms with Gasteiger partial charge in [0.15, 0.2) is 0 Å². The first-order chi connectivity index (χ1) is 18.2. The van der Waals surface area contributed by atoms with Crippen LogP contribution in [0.15, 0.2) is 83.8 Å². The maximum absolute atomic E-state index is 13.6. The Morgan fingerprint density at radius 1 is 1.05 bits per heavy atom. The first-order valence-electron chi connectivity index (χ1n) is 11.6. The lowest BCUT2D eigenvalue weighted by Gasteiger charge is -2.33. The molecule has 10 nitrogen and oxygen atoms in total. The average molecular weight is 532 g/mol. The number of carbonyl (C=O) groups excluding carboxylic acids is 2. The molecule has 11 heteroatoms. The minimum atomic E-state index is -4.83. The SMILES string of the molecule is COc1ccc(S(=O)(=O)[O-])cc1[C@H]1c2c(C)nn(-c3ccccc3)c2NC(=O)[C@@H]1NC(=O)c1ccccc1. The van der Waals surface area contributed by atoms with Crippen LogP contribution >= 0.6 is 0 Å². The molecule has 1 aliphatic rings. The number of aromatic nitrogens is 2. The second-order valence-corrected chi connectivity index (χ2v) is 10.1. The van der Waals surface area contributed by atoms with E-state index in [-0.39, 0.29) is 11.3 Å². The van der Waals surface area contributed by atoms with Crippen molar-refractivity contribution in [2.45, 2.75) is 23.8 Å². The number of fused-ring (bicyclic) bond motifs is 1. The van der Waals surface area contributed by atoms with Gasteiger partial charge in [-0.25, -0.2) is 13.1 Å². The van der Waals surface area contributed by atoms with Gasteiger partial charge in [0.05, 0.1) is 23.4 Å². The molecule has 0 saturated carbocycles. The Kier molecular flexibility index (Phi) is 6.47. The zero-order chi connectivity index (χ0) is 27.0. The molecule has 2 heterocycles. The molecular weight excluding hydrogens is 508 g/mol. The topological polar surface area (TPSA) is 142 Å². The van der Waals surface area contributed by atoms with Crippen LogP contribution in [0.2, 0.25) is 0 Å². The molecule has 0 bridgehead atoms. The molecule has 0 fully saturated rings. The summed E-state index contributed by atoms with van der Waals surface area (Å²) < 4.78 is 42.8. The predicted octanol–water partition coefficient (Wildman–Crippen LogP) is 2.98. The number of hydrogen-bond donors (Lipinski definition) is 2. The number of aryl methyl sites for hydroxylation is 1. The van der Waals surface area contributed by atoms with E-state index < -0.39 is 38.8 Å². The minimum Gasteiger partial charge on any atom is -0.744 e. The van der Waals surface area contributed by atoms with Gasteiger partial charge in [-0.1, -0.05) is 36.4 Å². The fraction of sp³-hybridized carbons (Fsp3) is 0.148. The maximum Gasteiger partial charge on any atom is 0.251 e. The third-order valence-electron chi connectivity index (χ3n) is 6.42. The Labute approximate surface area is 219 Å². The highest BCUT2D eigenvalue weighted by Gasteiger charge is 2.43. The first kappa shape index (κ1) is 25.2. The summed E-state index contributed by atoms with van der Waals surface area (Å²) in [5.41, 5.74) is 2.35. The van der Waals surface area contributed by atoms with Gasteiger partial charge in [0.25, 0.3) is 5.91 Å². The highest BCUT2D eigenvalue weighted by molar-refractivity contribution is 7.85. The summed E-state index contributed by atoms with van der Waals surface area (Å²) in [7, 11) is -3.43. The van der Waals surface area contributed by atoms with Crippen molar-refractivity contribution in [3.8, 4) is 11.4 Å². The number of ether oxygens (including phenoxy) is 1. The molecular formula is C27H23N4O6S-. The van der Waals surface area contributed by atoms with Crippen LogP contribution in [0.1, 0.15) is 33.1 Å². The summed E-state index contributed by atoms with van der Waals surface area (Å²) in [5.74, 6) is -1.36. The lowest BCUT2D eigenvalue weighted by molar-refractivity contribution is -0.118. The summed E-state index contributed by atoms with van der Waals surface area (Å²) in [4.78, 5) is 26.3. The average Bonchev–Trinajstić information content (AvgIpc) is 3.24. The highest BCUT2D eigenvalue weighted by Crippen LogP contribution is 2.44. The van der Waals surface area contributed by atoms with Crippen LogP contribution in [-0.4, -0.2) is 47.7 Å². The molecule has 194 valence electrons. The van der Waals surface area contributed by atoms with Gasteiger partial charge in [0, 0.05) is 22.6 Å². The molecule has 0 unspecified atom stereocenters. The second kappa shape index (κ2) is 9.77. The molecule has 2 atom stereocenters. The molecule has 1 aliphatic heterocycles. The van der Waals surface area contributed by atoms with E-state index >= 15 is 0 Å². The van der Waals surface area contributed by atoms with Crippen molar-refractivity contribution in [1.29, 1.82) is 0 Å². The molecule has 2 amide bonds. The van der Waals surface area contributed by atoms with E-state index in [2.05, 4.69) is 15.7 Å². The monoisotopic (exact) mass is 531 g/mol. The number of carbonyl (C=O) groups is 2. The fourth-order valence-corrected chi connectivity index (χ4v) is 5.22. The smallest absolute Gasteiger partial charge is 0.251 e. The summed E-state index contributed by atoms with van der Waals surface area (Å²) in [6.07, 6.45) is 0. The third-order valence-corrected chi connectivity index (χ3v) is 7.25. The molecule has 38 heavy (non-hydrogen) atoms. The number of para-hydroxylation sites is 1. The van der Waals surface area contributed by atoms with Gasteiger partial charge in [-0.15, -0.1) is 0 Å². The van der Waals surface area contributed by atoms with Crippen molar-refractivity contribution in [3.05, 3.63) is 101 Å². The molecule has 0 aliphatic carbocycles. The Bertz CT molecular complexity index is 1640. The van der Waals surface area contributed by atoms with E-state index in [0.717, 1.165) is 6.07 Å². The lowest BCUT2D eigenvalue weighted by atomic mass is 9.81. The normalized spacial score (nSPS) is 16.9. The van der Waals surface area contributed by atoms with Crippen molar-refractivity contribution >= 4 is 27.8 Å². The summed E-state index contributed by atoms with van der Waals surface area (Å²) in [5, 5.41) is 10.3. The molecule has 4 aromatic rings. The van der Waals surface area contributed by atoms with Gasteiger partial charge in [0.1, 0.15) is 27.7 Å². The number of nitrogens with zero attached hydrogens (tertiary/aromatic N) is 2. The molecule has 2 N–H and O–H groups in total. The molecule has 0 spiro atoms. The number of anilines is 1.